The van der Waals surface area contributed by atoms with Gasteiger partial charge in [-0.25, -0.2) is 4.98 Å². The van der Waals surface area contributed by atoms with E-state index in [0.29, 0.717) is 12.3 Å². The highest BCUT2D eigenvalue weighted by Crippen LogP contribution is 2.23. The lowest BCUT2D eigenvalue weighted by atomic mass is 9.93. The molecule has 0 radical (unpaired) electrons. The standard InChI is InChI=1S/C21H25N5O/c1-25-15-23-19-6-5-17(13-20(19)25)24-21(27)12-16-7-10-26(11-8-16)14-18-4-2-3-9-22-18/h2-6,9,13,15-16H,7-8,10-12,14H2,1H3,(H,24,27). The van der Waals surface area contributed by atoms with Crippen LogP contribution >= 0.6 is 0 Å². The molecule has 1 aliphatic rings. The number of fused-ring (bicyclic) bond motifs is 1. The van der Waals surface area contributed by atoms with Gasteiger partial charge in [-0.1, -0.05) is 6.07 Å². The molecule has 27 heavy (non-hydrogen) atoms. The van der Waals surface area contributed by atoms with E-state index in [2.05, 4.69) is 26.3 Å². The van der Waals surface area contributed by atoms with Crippen molar-refractivity contribution < 1.29 is 4.79 Å². The molecule has 0 saturated carbocycles. The summed E-state index contributed by atoms with van der Waals surface area (Å²) >= 11 is 0. The largest absolute Gasteiger partial charge is 0.334 e. The predicted molar refractivity (Wildman–Crippen MR) is 106 cm³/mol. The first-order valence-electron chi connectivity index (χ1n) is 9.50. The number of aromatic nitrogens is 3. The molecule has 1 amide bonds. The Morgan fingerprint density at radius 2 is 2.04 bits per heavy atom. The number of aryl methyl sites for hydroxylation is 1. The van der Waals surface area contributed by atoms with Crippen LogP contribution in [0.3, 0.4) is 0 Å². The number of nitrogens with zero attached hydrogens (tertiary/aromatic N) is 4. The summed E-state index contributed by atoms with van der Waals surface area (Å²) < 4.78 is 1.96. The van der Waals surface area contributed by atoms with Crippen molar-refractivity contribution in [2.75, 3.05) is 18.4 Å². The van der Waals surface area contributed by atoms with Crippen LogP contribution in [0.4, 0.5) is 5.69 Å². The molecule has 6 heteroatoms. The smallest absolute Gasteiger partial charge is 0.224 e. The fourth-order valence-electron chi connectivity index (χ4n) is 3.75. The number of carbonyl (C=O) groups is 1. The van der Waals surface area contributed by atoms with Crippen molar-refractivity contribution in [3.8, 4) is 0 Å². The topological polar surface area (TPSA) is 63.1 Å². The van der Waals surface area contributed by atoms with E-state index in [0.717, 1.165) is 54.9 Å². The summed E-state index contributed by atoms with van der Waals surface area (Å²) in [6.45, 7) is 2.94. The van der Waals surface area contributed by atoms with Crippen LogP contribution in [0.1, 0.15) is 25.0 Å². The number of carbonyl (C=O) groups excluding carboxylic acids is 1. The Morgan fingerprint density at radius 1 is 1.19 bits per heavy atom. The van der Waals surface area contributed by atoms with Gasteiger partial charge in [-0.05, 0) is 62.2 Å². The molecule has 1 fully saturated rings. The van der Waals surface area contributed by atoms with Crippen molar-refractivity contribution in [2.45, 2.75) is 25.8 Å². The number of amides is 1. The molecule has 1 saturated heterocycles. The summed E-state index contributed by atoms with van der Waals surface area (Å²) in [5.74, 6) is 0.546. The molecule has 0 unspecified atom stereocenters. The maximum absolute atomic E-state index is 12.5. The zero-order valence-electron chi connectivity index (χ0n) is 15.6. The molecule has 4 rings (SSSR count). The third kappa shape index (κ3) is 4.34. The molecule has 0 spiro atoms. The van der Waals surface area contributed by atoms with Gasteiger partial charge in [0.05, 0.1) is 23.1 Å². The van der Waals surface area contributed by atoms with E-state index in [9.17, 15) is 4.79 Å². The summed E-state index contributed by atoms with van der Waals surface area (Å²) in [5, 5.41) is 3.05. The predicted octanol–water partition coefficient (Wildman–Crippen LogP) is 3.21. The highest BCUT2D eigenvalue weighted by atomic mass is 16.1. The van der Waals surface area contributed by atoms with Crippen LogP contribution in [0.15, 0.2) is 48.9 Å². The number of hydrogen-bond donors (Lipinski definition) is 1. The minimum absolute atomic E-state index is 0.0969. The third-order valence-electron chi connectivity index (χ3n) is 5.30. The first kappa shape index (κ1) is 17.7. The average Bonchev–Trinajstić information content (AvgIpc) is 3.05. The SMILES string of the molecule is Cn1cnc2ccc(NC(=O)CC3CCN(Cc4ccccn4)CC3)cc21. The number of hydrogen-bond acceptors (Lipinski definition) is 4. The lowest BCUT2D eigenvalue weighted by Crippen LogP contribution is -2.34. The molecule has 1 aliphatic heterocycles. The second-order valence-electron chi connectivity index (χ2n) is 7.35. The second-order valence-corrected chi connectivity index (χ2v) is 7.35. The van der Waals surface area contributed by atoms with Crippen LogP contribution in [0.25, 0.3) is 11.0 Å². The fraction of sp³-hybridized carbons (Fsp3) is 0.381. The van der Waals surface area contributed by atoms with E-state index in [1.807, 2.05) is 48.1 Å². The number of anilines is 1. The molecule has 1 N–H and O–H groups in total. The fourth-order valence-corrected chi connectivity index (χ4v) is 3.75. The maximum atomic E-state index is 12.5. The second kappa shape index (κ2) is 7.88. The molecular formula is C21H25N5O. The number of likely N-dealkylation sites (tertiary alicyclic amines) is 1. The Labute approximate surface area is 159 Å². The molecule has 3 aromatic rings. The van der Waals surface area contributed by atoms with E-state index in [-0.39, 0.29) is 5.91 Å². The summed E-state index contributed by atoms with van der Waals surface area (Å²) in [6, 6.07) is 11.9. The van der Waals surface area contributed by atoms with Gasteiger partial charge in [0, 0.05) is 31.9 Å². The van der Waals surface area contributed by atoms with E-state index < -0.39 is 0 Å². The number of benzene rings is 1. The van der Waals surface area contributed by atoms with Crippen molar-refractivity contribution in [2.24, 2.45) is 13.0 Å². The Bertz CT molecular complexity index is 913. The van der Waals surface area contributed by atoms with Crippen LogP contribution in [-0.2, 0) is 18.4 Å². The van der Waals surface area contributed by atoms with Crippen LogP contribution in [0, 0.1) is 5.92 Å². The Kier molecular flexibility index (Phi) is 5.16. The van der Waals surface area contributed by atoms with Crippen molar-refractivity contribution in [1.29, 1.82) is 0 Å². The van der Waals surface area contributed by atoms with Gasteiger partial charge < -0.3 is 9.88 Å². The Morgan fingerprint density at radius 3 is 2.81 bits per heavy atom. The highest BCUT2D eigenvalue weighted by Gasteiger charge is 2.22. The molecule has 0 bridgehead atoms. The number of pyridine rings is 1. The molecule has 1 aromatic carbocycles. The highest BCUT2D eigenvalue weighted by molar-refractivity contribution is 5.93. The summed E-state index contributed by atoms with van der Waals surface area (Å²) in [4.78, 5) is 23.6. The van der Waals surface area contributed by atoms with E-state index in [1.54, 1.807) is 6.33 Å². The molecule has 2 aromatic heterocycles. The van der Waals surface area contributed by atoms with Crippen molar-refractivity contribution >= 4 is 22.6 Å². The first-order valence-corrected chi connectivity index (χ1v) is 9.50. The van der Waals surface area contributed by atoms with E-state index >= 15 is 0 Å². The normalized spacial score (nSPS) is 15.9. The number of piperidine rings is 1. The summed E-state index contributed by atoms with van der Waals surface area (Å²) in [5.41, 5.74) is 3.91. The van der Waals surface area contributed by atoms with Gasteiger partial charge in [-0.2, -0.15) is 0 Å². The van der Waals surface area contributed by atoms with Crippen LogP contribution in [0.2, 0.25) is 0 Å². The van der Waals surface area contributed by atoms with Crippen LogP contribution in [-0.4, -0.2) is 38.4 Å². The van der Waals surface area contributed by atoms with Gasteiger partial charge >= 0.3 is 0 Å². The first-order chi connectivity index (χ1) is 13.2. The molecule has 140 valence electrons. The van der Waals surface area contributed by atoms with E-state index in [4.69, 9.17) is 0 Å². The van der Waals surface area contributed by atoms with Crippen molar-refractivity contribution in [3.05, 3.63) is 54.6 Å². The number of rotatable bonds is 5. The van der Waals surface area contributed by atoms with Crippen LogP contribution < -0.4 is 5.32 Å². The van der Waals surface area contributed by atoms with Gasteiger partial charge in [0.2, 0.25) is 5.91 Å². The molecule has 0 atom stereocenters. The molecule has 3 heterocycles. The average molecular weight is 363 g/mol. The molecule has 0 aliphatic carbocycles. The maximum Gasteiger partial charge on any atom is 0.224 e. The van der Waals surface area contributed by atoms with Gasteiger partial charge in [-0.15, -0.1) is 0 Å². The molecule has 6 nitrogen and oxygen atoms in total. The van der Waals surface area contributed by atoms with Gasteiger partial charge in [-0.3, -0.25) is 14.7 Å². The van der Waals surface area contributed by atoms with Gasteiger partial charge in [0.15, 0.2) is 0 Å². The summed E-state index contributed by atoms with van der Waals surface area (Å²) in [6.07, 6.45) is 6.33. The number of imidazole rings is 1. The molecular weight excluding hydrogens is 338 g/mol. The lowest BCUT2D eigenvalue weighted by molar-refractivity contribution is -0.117. The monoisotopic (exact) mass is 363 g/mol. The summed E-state index contributed by atoms with van der Waals surface area (Å²) in [7, 11) is 1.96. The minimum atomic E-state index is 0.0969. The lowest BCUT2D eigenvalue weighted by Gasteiger charge is -2.31. The van der Waals surface area contributed by atoms with Crippen molar-refractivity contribution in [3.63, 3.8) is 0 Å². The Balaban J connectivity index is 1.27. The minimum Gasteiger partial charge on any atom is -0.334 e. The van der Waals surface area contributed by atoms with Crippen LogP contribution in [0.5, 0.6) is 0 Å². The van der Waals surface area contributed by atoms with Gasteiger partial charge in [0.25, 0.3) is 0 Å². The van der Waals surface area contributed by atoms with Gasteiger partial charge in [0.1, 0.15) is 0 Å². The zero-order valence-corrected chi connectivity index (χ0v) is 15.6. The zero-order chi connectivity index (χ0) is 18.6. The quantitative estimate of drug-likeness (QED) is 0.756. The third-order valence-corrected chi connectivity index (χ3v) is 5.30. The van der Waals surface area contributed by atoms with E-state index in [1.165, 1.54) is 0 Å². The van der Waals surface area contributed by atoms with Crippen molar-refractivity contribution in [1.82, 2.24) is 19.4 Å². The Hall–Kier alpha value is -2.73. The number of nitrogens with one attached hydrogen (secondary N) is 1.